The molecular weight excluding hydrogens is 462 g/mol. The molecule has 0 fully saturated rings. The maximum absolute atomic E-state index is 13.2. The van der Waals surface area contributed by atoms with Crippen molar-refractivity contribution in [2.75, 3.05) is 6.61 Å². The van der Waals surface area contributed by atoms with E-state index in [0.29, 0.717) is 6.42 Å². The van der Waals surface area contributed by atoms with Gasteiger partial charge in [-0.25, -0.2) is 4.79 Å². The molecule has 0 saturated carbocycles. The third kappa shape index (κ3) is 9.09. The highest BCUT2D eigenvalue weighted by molar-refractivity contribution is 6.75. The van der Waals surface area contributed by atoms with Gasteiger partial charge >= 0.3 is 12.1 Å². The molecule has 1 N–H and O–H groups in total. The smallest absolute Gasteiger partial charge is 0.407 e. The highest BCUT2D eigenvalue weighted by atomic mass is 28.4. The SMILES string of the molecule is CC(C)COC(=O)NC(Cc1ccc(O[Si](C)(C)C(C)(C)C)cc1)C(=O)O[Si](C)(C)C(C)(C)C. The number of hydrogen-bond acceptors (Lipinski definition) is 5. The zero-order valence-electron chi connectivity index (χ0n) is 23.4. The summed E-state index contributed by atoms with van der Waals surface area (Å²) in [6.45, 7) is 25.5. The molecule has 1 rings (SSSR count). The number of rotatable bonds is 9. The van der Waals surface area contributed by atoms with E-state index >= 15 is 0 Å². The fourth-order valence-corrected chi connectivity index (χ4v) is 4.46. The molecule has 1 amide bonds. The summed E-state index contributed by atoms with van der Waals surface area (Å²) in [6, 6.07) is 6.92. The van der Waals surface area contributed by atoms with Crippen LogP contribution in [-0.2, 0) is 20.4 Å². The first-order chi connectivity index (χ1) is 15.2. The van der Waals surface area contributed by atoms with Crippen molar-refractivity contribution in [3.05, 3.63) is 29.8 Å². The van der Waals surface area contributed by atoms with Gasteiger partial charge in [0.2, 0.25) is 8.32 Å². The van der Waals surface area contributed by atoms with E-state index in [1.807, 2.05) is 51.2 Å². The Morgan fingerprint density at radius 1 is 0.882 bits per heavy atom. The Bertz CT molecular complexity index is 821. The van der Waals surface area contributed by atoms with Crippen LogP contribution in [-0.4, -0.2) is 41.3 Å². The van der Waals surface area contributed by atoms with Gasteiger partial charge in [-0.2, -0.15) is 0 Å². The molecule has 0 spiro atoms. The van der Waals surface area contributed by atoms with Crippen LogP contribution in [0.1, 0.15) is 61.0 Å². The van der Waals surface area contributed by atoms with Gasteiger partial charge in [0.25, 0.3) is 8.32 Å². The second-order valence-corrected chi connectivity index (χ2v) is 22.0. The first-order valence-corrected chi connectivity index (χ1v) is 18.0. The normalized spacial score (nSPS) is 13.9. The van der Waals surface area contributed by atoms with Crippen molar-refractivity contribution in [3.63, 3.8) is 0 Å². The Morgan fingerprint density at radius 3 is 1.82 bits per heavy atom. The molecule has 0 heterocycles. The van der Waals surface area contributed by atoms with Crippen molar-refractivity contribution in [1.29, 1.82) is 0 Å². The third-order valence-electron chi connectivity index (χ3n) is 6.83. The molecule has 6 nitrogen and oxygen atoms in total. The van der Waals surface area contributed by atoms with Crippen molar-refractivity contribution < 1.29 is 23.2 Å². The molecule has 0 radical (unpaired) electrons. The summed E-state index contributed by atoms with van der Waals surface area (Å²) in [5, 5.41) is 2.70. The van der Waals surface area contributed by atoms with Gasteiger partial charge in [0.15, 0.2) is 0 Å². The van der Waals surface area contributed by atoms with Crippen LogP contribution in [0.25, 0.3) is 0 Å². The molecule has 1 unspecified atom stereocenters. The summed E-state index contributed by atoms with van der Waals surface area (Å²) in [7, 11) is -4.29. The molecule has 0 aliphatic rings. The molecule has 194 valence electrons. The summed E-state index contributed by atoms with van der Waals surface area (Å²) >= 11 is 0. The highest BCUT2D eigenvalue weighted by Crippen LogP contribution is 2.38. The van der Waals surface area contributed by atoms with E-state index in [0.717, 1.165) is 11.3 Å². The van der Waals surface area contributed by atoms with Gasteiger partial charge in [0, 0.05) is 6.42 Å². The first-order valence-electron chi connectivity index (χ1n) is 12.2. The molecular formula is C26H47NO5Si2. The number of benzene rings is 1. The summed E-state index contributed by atoms with van der Waals surface area (Å²) in [6.07, 6.45) is -0.298. The van der Waals surface area contributed by atoms with Crippen LogP contribution < -0.4 is 9.74 Å². The fourth-order valence-electron chi connectivity index (χ4n) is 2.47. The number of alkyl carbamates (subject to hydrolysis) is 1. The van der Waals surface area contributed by atoms with Crippen molar-refractivity contribution in [1.82, 2.24) is 5.32 Å². The molecule has 0 aliphatic carbocycles. The zero-order chi connectivity index (χ0) is 26.5. The predicted octanol–water partition coefficient (Wildman–Crippen LogP) is 6.91. The second kappa shape index (κ2) is 11.3. The summed E-state index contributed by atoms with van der Waals surface area (Å²) in [4.78, 5) is 25.5. The molecule has 34 heavy (non-hydrogen) atoms. The van der Waals surface area contributed by atoms with E-state index < -0.39 is 34.7 Å². The molecule has 0 aliphatic heterocycles. The number of hydrogen-bond donors (Lipinski definition) is 1. The van der Waals surface area contributed by atoms with Crippen LogP contribution in [0.3, 0.4) is 0 Å². The van der Waals surface area contributed by atoms with E-state index in [4.69, 9.17) is 13.6 Å². The van der Waals surface area contributed by atoms with Gasteiger partial charge in [-0.15, -0.1) is 0 Å². The number of carbonyl (C=O) groups is 2. The molecule has 0 bridgehead atoms. The van der Waals surface area contributed by atoms with E-state index in [2.05, 4.69) is 60.0 Å². The fraction of sp³-hybridized carbons (Fsp3) is 0.692. The van der Waals surface area contributed by atoms with Crippen LogP contribution in [0.4, 0.5) is 4.79 Å². The Hall–Kier alpha value is -1.81. The average Bonchev–Trinajstić information content (AvgIpc) is 2.65. The molecule has 8 heteroatoms. The predicted molar refractivity (Wildman–Crippen MR) is 144 cm³/mol. The van der Waals surface area contributed by atoms with E-state index in [1.54, 1.807) is 0 Å². The van der Waals surface area contributed by atoms with Crippen molar-refractivity contribution in [3.8, 4) is 5.75 Å². The molecule has 0 saturated heterocycles. The van der Waals surface area contributed by atoms with Gasteiger partial charge in [-0.1, -0.05) is 67.5 Å². The largest absolute Gasteiger partial charge is 0.544 e. The van der Waals surface area contributed by atoms with Crippen LogP contribution in [0.2, 0.25) is 36.3 Å². The quantitative estimate of drug-likeness (QED) is 0.366. The van der Waals surface area contributed by atoms with Crippen molar-refractivity contribution in [2.24, 2.45) is 5.92 Å². The first kappa shape index (κ1) is 30.2. The number of amides is 1. The Morgan fingerprint density at radius 2 is 1.38 bits per heavy atom. The van der Waals surface area contributed by atoms with Crippen molar-refractivity contribution >= 4 is 28.7 Å². The van der Waals surface area contributed by atoms with Crippen LogP contribution in [0, 0.1) is 5.92 Å². The van der Waals surface area contributed by atoms with Gasteiger partial charge < -0.3 is 18.9 Å². The lowest BCUT2D eigenvalue weighted by molar-refractivity contribution is -0.137. The lowest BCUT2D eigenvalue weighted by atomic mass is 10.1. The van der Waals surface area contributed by atoms with Crippen LogP contribution in [0.15, 0.2) is 24.3 Å². The maximum Gasteiger partial charge on any atom is 0.407 e. The van der Waals surface area contributed by atoms with Gasteiger partial charge in [0.05, 0.1) is 6.61 Å². The summed E-state index contributed by atoms with van der Waals surface area (Å²) in [5.41, 5.74) is 0.906. The molecule has 1 atom stereocenters. The van der Waals surface area contributed by atoms with Crippen LogP contribution >= 0.6 is 0 Å². The second-order valence-electron chi connectivity index (χ2n) is 12.6. The molecule has 0 aromatic heterocycles. The summed E-state index contributed by atoms with van der Waals surface area (Å²) in [5.74, 6) is 0.603. The standard InChI is InChI=1S/C26H47NO5Si2/c1-19(2)18-30-24(29)27-22(23(28)32-34(11,12)26(6,7)8)17-20-13-15-21(16-14-20)31-33(9,10)25(3,4)5/h13-16,19,22H,17-18H2,1-12H3,(H,27,29). The third-order valence-corrected chi connectivity index (χ3v) is 15.5. The Balaban J connectivity index is 3.04. The van der Waals surface area contributed by atoms with Gasteiger partial charge in [0.1, 0.15) is 11.8 Å². The van der Waals surface area contributed by atoms with E-state index in [9.17, 15) is 9.59 Å². The lowest BCUT2D eigenvalue weighted by Crippen LogP contribution is -2.50. The monoisotopic (exact) mass is 509 g/mol. The van der Waals surface area contributed by atoms with Gasteiger partial charge in [-0.3, -0.25) is 4.79 Å². The average molecular weight is 510 g/mol. The molecule has 1 aromatic rings. The summed E-state index contributed by atoms with van der Waals surface area (Å²) < 4.78 is 17.6. The maximum atomic E-state index is 13.2. The number of carbonyl (C=O) groups excluding carboxylic acids is 2. The minimum absolute atomic E-state index is 0.102. The van der Waals surface area contributed by atoms with E-state index in [-0.39, 0.29) is 22.6 Å². The Kier molecular flexibility index (Phi) is 10.0. The topological polar surface area (TPSA) is 73.9 Å². The van der Waals surface area contributed by atoms with E-state index in [1.165, 1.54) is 0 Å². The van der Waals surface area contributed by atoms with Crippen molar-refractivity contribution in [2.45, 2.75) is 104 Å². The number of ether oxygens (including phenoxy) is 1. The minimum atomic E-state index is -2.35. The Labute approximate surface area is 209 Å². The number of nitrogens with one attached hydrogen (secondary N) is 1. The van der Waals surface area contributed by atoms with Gasteiger partial charge in [-0.05, 0) is 59.9 Å². The minimum Gasteiger partial charge on any atom is -0.544 e. The lowest BCUT2D eigenvalue weighted by Gasteiger charge is -2.36. The highest BCUT2D eigenvalue weighted by Gasteiger charge is 2.42. The molecule has 1 aromatic carbocycles. The van der Waals surface area contributed by atoms with Crippen LogP contribution in [0.5, 0.6) is 5.75 Å². The zero-order valence-corrected chi connectivity index (χ0v) is 25.4.